The SMILES string of the molecule is CCCN1CCC(N[C@@H]2CCC[C@H]2O)CC1. The van der Waals surface area contributed by atoms with Crippen LogP contribution >= 0.6 is 0 Å². The summed E-state index contributed by atoms with van der Waals surface area (Å²) in [4.78, 5) is 2.56. The molecule has 3 nitrogen and oxygen atoms in total. The molecular formula is C13H26N2O. The first-order valence-electron chi connectivity index (χ1n) is 6.96. The maximum Gasteiger partial charge on any atom is 0.0693 e. The van der Waals surface area contributed by atoms with Crippen LogP contribution in [0.15, 0.2) is 0 Å². The van der Waals surface area contributed by atoms with Gasteiger partial charge >= 0.3 is 0 Å². The van der Waals surface area contributed by atoms with E-state index in [0.717, 1.165) is 12.8 Å². The van der Waals surface area contributed by atoms with Crippen LogP contribution in [0.1, 0.15) is 45.4 Å². The topological polar surface area (TPSA) is 35.5 Å². The molecule has 0 aromatic carbocycles. The van der Waals surface area contributed by atoms with Crippen LogP contribution in [-0.4, -0.2) is 47.8 Å². The van der Waals surface area contributed by atoms with Crippen molar-refractivity contribution >= 4 is 0 Å². The molecule has 1 saturated heterocycles. The van der Waals surface area contributed by atoms with Crippen molar-refractivity contribution in [1.82, 2.24) is 10.2 Å². The minimum absolute atomic E-state index is 0.0892. The van der Waals surface area contributed by atoms with Crippen molar-refractivity contribution in [2.75, 3.05) is 19.6 Å². The molecule has 0 aromatic heterocycles. The molecule has 0 bridgehead atoms. The van der Waals surface area contributed by atoms with Crippen molar-refractivity contribution in [3.63, 3.8) is 0 Å². The van der Waals surface area contributed by atoms with Crippen LogP contribution in [0, 0.1) is 0 Å². The highest BCUT2D eigenvalue weighted by Gasteiger charge is 2.28. The van der Waals surface area contributed by atoms with E-state index in [9.17, 15) is 5.11 Å². The number of aliphatic hydroxyl groups excluding tert-OH is 1. The van der Waals surface area contributed by atoms with Gasteiger partial charge < -0.3 is 15.3 Å². The average molecular weight is 226 g/mol. The summed E-state index contributed by atoms with van der Waals surface area (Å²) in [6, 6.07) is 1.02. The monoisotopic (exact) mass is 226 g/mol. The van der Waals surface area contributed by atoms with Crippen LogP contribution in [-0.2, 0) is 0 Å². The first-order valence-corrected chi connectivity index (χ1v) is 6.96. The third-order valence-electron chi connectivity index (χ3n) is 4.06. The van der Waals surface area contributed by atoms with Crippen LogP contribution < -0.4 is 5.32 Å². The van der Waals surface area contributed by atoms with E-state index >= 15 is 0 Å². The predicted octanol–water partition coefficient (Wildman–Crippen LogP) is 1.36. The van der Waals surface area contributed by atoms with E-state index in [2.05, 4.69) is 17.1 Å². The van der Waals surface area contributed by atoms with Gasteiger partial charge in [0.2, 0.25) is 0 Å². The first kappa shape index (κ1) is 12.3. The highest BCUT2D eigenvalue weighted by Crippen LogP contribution is 2.21. The molecule has 3 heteroatoms. The van der Waals surface area contributed by atoms with Gasteiger partial charge in [0.05, 0.1) is 6.10 Å². The minimum Gasteiger partial charge on any atom is -0.392 e. The summed E-state index contributed by atoms with van der Waals surface area (Å²) in [5.41, 5.74) is 0. The zero-order valence-electron chi connectivity index (χ0n) is 10.5. The molecule has 94 valence electrons. The molecule has 1 aliphatic heterocycles. The first-order chi connectivity index (χ1) is 7.79. The molecule has 1 heterocycles. The van der Waals surface area contributed by atoms with E-state index in [0.29, 0.717) is 12.1 Å². The molecule has 0 aromatic rings. The Balaban J connectivity index is 1.68. The van der Waals surface area contributed by atoms with Crippen molar-refractivity contribution in [2.24, 2.45) is 0 Å². The number of hydrogen-bond acceptors (Lipinski definition) is 3. The fraction of sp³-hybridized carbons (Fsp3) is 1.00. The number of likely N-dealkylation sites (tertiary alicyclic amines) is 1. The van der Waals surface area contributed by atoms with Crippen molar-refractivity contribution < 1.29 is 5.11 Å². The molecule has 2 aliphatic rings. The largest absolute Gasteiger partial charge is 0.392 e. The fourth-order valence-corrected chi connectivity index (χ4v) is 3.08. The van der Waals surface area contributed by atoms with Crippen molar-refractivity contribution in [1.29, 1.82) is 0 Å². The van der Waals surface area contributed by atoms with Gasteiger partial charge in [-0.2, -0.15) is 0 Å². The van der Waals surface area contributed by atoms with Crippen LogP contribution in [0.25, 0.3) is 0 Å². The maximum absolute atomic E-state index is 9.78. The molecule has 0 spiro atoms. The maximum atomic E-state index is 9.78. The predicted molar refractivity (Wildman–Crippen MR) is 66.5 cm³/mol. The van der Waals surface area contributed by atoms with Crippen molar-refractivity contribution in [2.45, 2.75) is 63.6 Å². The number of nitrogens with one attached hydrogen (secondary N) is 1. The normalized spacial score (nSPS) is 33.4. The van der Waals surface area contributed by atoms with E-state index < -0.39 is 0 Å². The summed E-state index contributed by atoms with van der Waals surface area (Å²) in [6.45, 7) is 5.96. The minimum atomic E-state index is -0.0892. The van der Waals surface area contributed by atoms with Gasteiger partial charge in [-0.3, -0.25) is 0 Å². The number of piperidine rings is 1. The number of rotatable bonds is 4. The molecule has 2 atom stereocenters. The number of hydrogen-bond donors (Lipinski definition) is 2. The fourth-order valence-electron chi connectivity index (χ4n) is 3.08. The molecule has 0 unspecified atom stereocenters. The van der Waals surface area contributed by atoms with E-state index in [1.165, 1.54) is 45.3 Å². The Morgan fingerprint density at radius 3 is 2.50 bits per heavy atom. The summed E-state index contributed by atoms with van der Waals surface area (Å²) >= 11 is 0. The van der Waals surface area contributed by atoms with Gasteiger partial charge in [0.25, 0.3) is 0 Å². The lowest BCUT2D eigenvalue weighted by Gasteiger charge is -2.34. The van der Waals surface area contributed by atoms with Crippen LogP contribution in [0.5, 0.6) is 0 Å². The Hall–Kier alpha value is -0.120. The number of nitrogens with zero attached hydrogens (tertiary/aromatic N) is 1. The Labute approximate surface area is 99.2 Å². The van der Waals surface area contributed by atoms with Gasteiger partial charge in [-0.05, 0) is 58.2 Å². The van der Waals surface area contributed by atoms with E-state index in [-0.39, 0.29) is 6.10 Å². The van der Waals surface area contributed by atoms with Gasteiger partial charge in [0, 0.05) is 12.1 Å². The van der Waals surface area contributed by atoms with E-state index in [1.54, 1.807) is 0 Å². The Bertz CT molecular complexity index is 202. The van der Waals surface area contributed by atoms with Gasteiger partial charge in [-0.25, -0.2) is 0 Å². The number of aliphatic hydroxyl groups is 1. The third kappa shape index (κ3) is 3.19. The van der Waals surface area contributed by atoms with Gasteiger partial charge in [0.1, 0.15) is 0 Å². The zero-order chi connectivity index (χ0) is 11.4. The van der Waals surface area contributed by atoms with E-state index in [4.69, 9.17) is 0 Å². The quantitative estimate of drug-likeness (QED) is 0.760. The average Bonchev–Trinajstić information content (AvgIpc) is 2.68. The molecule has 2 rings (SSSR count). The third-order valence-corrected chi connectivity index (χ3v) is 4.06. The van der Waals surface area contributed by atoms with Gasteiger partial charge in [-0.1, -0.05) is 6.92 Å². The van der Waals surface area contributed by atoms with E-state index in [1.807, 2.05) is 0 Å². The van der Waals surface area contributed by atoms with Crippen LogP contribution in [0.4, 0.5) is 0 Å². The zero-order valence-corrected chi connectivity index (χ0v) is 10.5. The summed E-state index contributed by atoms with van der Waals surface area (Å²) in [5.74, 6) is 0. The summed E-state index contributed by atoms with van der Waals surface area (Å²) in [6.07, 6.45) is 7.02. The summed E-state index contributed by atoms with van der Waals surface area (Å²) < 4.78 is 0. The second-order valence-corrected chi connectivity index (χ2v) is 5.39. The Kier molecular flexibility index (Phi) is 4.62. The van der Waals surface area contributed by atoms with Gasteiger partial charge in [0.15, 0.2) is 0 Å². The standard InChI is InChI=1S/C13H26N2O/c1-2-8-15-9-6-11(7-10-15)14-12-4-3-5-13(12)16/h11-14,16H,2-10H2,1H3/t12-,13-/m1/s1. The lowest BCUT2D eigenvalue weighted by molar-refractivity contribution is 0.127. The highest BCUT2D eigenvalue weighted by atomic mass is 16.3. The summed E-state index contributed by atoms with van der Waals surface area (Å²) in [5, 5.41) is 13.4. The molecule has 1 aliphatic carbocycles. The second-order valence-electron chi connectivity index (χ2n) is 5.39. The van der Waals surface area contributed by atoms with Crippen LogP contribution in [0.3, 0.4) is 0 Å². The highest BCUT2D eigenvalue weighted by molar-refractivity contribution is 4.87. The lowest BCUT2D eigenvalue weighted by atomic mass is 10.0. The van der Waals surface area contributed by atoms with Crippen LogP contribution in [0.2, 0.25) is 0 Å². The summed E-state index contributed by atoms with van der Waals surface area (Å²) in [7, 11) is 0. The molecule has 2 fully saturated rings. The van der Waals surface area contributed by atoms with Crippen molar-refractivity contribution in [3.05, 3.63) is 0 Å². The lowest BCUT2D eigenvalue weighted by Crippen LogP contribution is -2.48. The molecular weight excluding hydrogens is 200 g/mol. The molecule has 2 N–H and O–H groups in total. The van der Waals surface area contributed by atoms with Gasteiger partial charge in [-0.15, -0.1) is 0 Å². The second kappa shape index (κ2) is 5.99. The van der Waals surface area contributed by atoms with Crippen molar-refractivity contribution in [3.8, 4) is 0 Å². The molecule has 0 radical (unpaired) electrons. The smallest absolute Gasteiger partial charge is 0.0693 e. The Morgan fingerprint density at radius 1 is 1.19 bits per heavy atom. The molecule has 1 saturated carbocycles. The Morgan fingerprint density at radius 2 is 1.94 bits per heavy atom. The molecule has 0 amide bonds. The molecule has 16 heavy (non-hydrogen) atoms.